The van der Waals surface area contributed by atoms with Gasteiger partial charge < -0.3 is 14.8 Å². The van der Waals surface area contributed by atoms with Gasteiger partial charge in [0.15, 0.2) is 0 Å². The molecule has 1 aliphatic heterocycles. The van der Waals surface area contributed by atoms with Gasteiger partial charge in [-0.3, -0.25) is 0 Å². The molecule has 3 nitrogen and oxygen atoms in total. The van der Waals surface area contributed by atoms with E-state index in [4.69, 9.17) is 9.47 Å². The molecule has 0 saturated carbocycles. The van der Waals surface area contributed by atoms with E-state index < -0.39 is 0 Å². The van der Waals surface area contributed by atoms with Crippen LogP contribution in [0.15, 0.2) is 16.6 Å². The fourth-order valence-electron chi connectivity index (χ4n) is 2.76. The molecule has 1 heterocycles. The molecule has 1 unspecified atom stereocenters. The zero-order chi connectivity index (χ0) is 15.1. The van der Waals surface area contributed by atoms with Gasteiger partial charge in [0.2, 0.25) is 0 Å². The summed E-state index contributed by atoms with van der Waals surface area (Å²) in [5, 5.41) is 3.64. The zero-order valence-electron chi connectivity index (χ0n) is 13.1. The van der Waals surface area contributed by atoms with E-state index in [1.165, 1.54) is 11.1 Å². The fourth-order valence-corrected chi connectivity index (χ4v) is 3.31. The Morgan fingerprint density at radius 1 is 1.38 bits per heavy atom. The van der Waals surface area contributed by atoms with Gasteiger partial charge in [-0.1, -0.05) is 22.9 Å². The van der Waals surface area contributed by atoms with Crippen LogP contribution in [0.1, 0.15) is 37.8 Å². The number of hydrogen-bond acceptors (Lipinski definition) is 3. The minimum atomic E-state index is 0.444. The fraction of sp³-hybridized carbons (Fsp3) is 0.647. The summed E-state index contributed by atoms with van der Waals surface area (Å²) in [4.78, 5) is 0. The first-order chi connectivity index (χ1) is 10.2. The van der Waals surface area contributed by atoms with Gasteiger partial charge >= 0.3 is 0 Å². The summed E-state index contributed by atoms with van der Waals surface area (Å²) in [5.41, 5.74) is 2.64. The SMILES string of the molecule is CCCNC(CCOCC)Cc1cc(Br)cc2c1OCC2. The van der Waals surface area contributed by atoms with Crippen LogP contribution in [-0.4, -0.2) is 32.4 Å². The van der Waals surface area contributed by atoms with E-state index in [9.17, 15) is 0 Å². The molecule has 0 aromatic heterocycles. The second-order valence-electron chi connectivity index (χ2n) is 5.49. The zero-order valence-corrected chi connectivity index (χ0v) is 14.7. The van der Waals surface area contributed by atoms with Crippen molar-refractivity contribution < 1.29 is 9.47 Å². The van der Waals surface area contributed by atoms with Crippen LogP contribution >= 0.6 is 15.9 Å². The molecule has 0 aliphatic carbocycles. The lowest BCUT2D eigenvalue weighted by atomic mass is 10.00. The number of nitrogens with one attached hydrogen (secondary N) is 1. The molecule has 1 aromatic rings. The number of ether oxygens (including phenoxy) is 2. The number of halogens is 1. The smallest absolute Gasteiger partial charge is 0.125 e. The van der Waals surface area contributed by atoms with E-state index in [2.05, 4.69) is 40.3 Å². The lowest BCUT2D eigenvalue weighted by Gasteiger charge is -2.20. The summed E-state index contributed by atoms with van der Waals surface area (Å²) >= 11 is 3.62. The molecule has 118 valence electrons. The molecular weight excluding hydrogens is 330 g/mol. The lowest BCUT2D eigenvalue weighted by molar-refractivity contribution is 0.136. The highest BCUT2D eigenvalue weighted by molar-refractivity contribution is 9.10. The summed E-state index contributed by atoms with van der Waals surface area (Å²) < 4.78 is 12.5. The Morgan fingerprint density at radius 2 is 2.24 bits per heavy atom. The minimum absolute atomic E-state index is 0.444. The highest BCUT2D eigenvalue weighted by Crippen LogP contribution is 2.33. The normalized spacial score (nSPS) is 14.8. The first-order valence-electron chi connectivity index (χ1n) is 7.99. The molecular formula is C17H26BrNO2. The Kier molecular flexibility index (Phi) is 7.00. The molecule has 0 spiro atoms. The molecule has 0 fully saturated rings. The van der Waals surface area contributed by atoms with Crippen LogP contribution in [-0.2, 0) is 17.6 Å². The predicted molar refractivity (Wildman–Crippen MR) is 90.2 cm³/mol. The molecule has 1 aromatic carbocycles. The molecule has 4 heteroatoms. The van der Waals surface area contributed by atoms with Crippen molar-refractivity contribution in [2.45, 2.75) is 45.6 Å². The van der Waals surface area contributed by atoms with Gasteiger partial charge in [-0.05, 0) is 56.0 Å². The van der Waals surface area contributed by atoms with E-state index in [1.54, 1.807) is 0 Å². The Morgan fingerprint density at radius 3 is 3.00 bits per heavy atom. The molecule has 2 rings (SSSR count). The van der Waals surface area contributed by atoms with Crippen LogP contribution in [0.25, 0.3) is 0 Å². The molecule has 0 bridgehead atoms. The van der Waals surface area contributed by atoms with E-state index in [-0.39, 0.29) is 0 Å². The molecule has 0 radical (unpaired) electrons. The standard InChI is InChI=1S/C17H26BrNO2/c1-3-7-19-16(6-8-20-4-2)12-14-11-15(18)10-13-5-9-21-17(13)14/h10-11,16,19H,3-9,12H2,1-2H3. The van der Waals surface area contributed by atoms with Gasteiger partial charge in [0, 0.05) is 30.1 Å². The minimum Gasteiger partial charge on any atom is -0.493 e. The average molecular weight is 356 g/mol. The van der Waals surface area contributed by atoms with Crippen LogP contribution in [0, 0.1) is 0 Å². The van der Waals surface area contributed by atoms with Crippen molar-refractivity contribution in [1.29, 1.82) is 0 Å². The maximum atomic E-state index is 5.84. The van der Waals surface area contributed by atoms with Gasteiger partial charge in [-0.2, -0.15) is 0 Å². The molecule has 1 N–H and O–H groups in total. The first-order valence-corrected chi connectivity index (χ1v) is 8.79. The topological polar surface area (TPSA) is 30.5 Å². The van der Waals surface area contributed by atoms with Crippen LogP contribution < -0.4 is 10.1 Å². The van der Waals surface area contributed by atoms with Gasteiger partial charge in [-0.15, -0.1) is 0 Å². The maximum absolute atomic E-state index is 5.84. The van der Waals surface area contributed by atoms with E-state index in [1.807, 2.05) is 6.92 Å². The van der Waals surface area contributed by atoms with Gasteiger partial charge in [0.1, 0.15) is 5.75 Å². The average Bonchev–Trinajstić information content (AvgIpc) is 2.93. The number of fused-ring (bicyclic) bond motifs is 1. The molecule has 1 atom stereocenters. The third-order valence-electron chi connectivity index (χ3n) is 3.79. The number of hydrogen-bond donors (Lipinski definition) is 1. The summed E-state index contributed by atoms with van der Waals surface area (Å²) in [5.74, 6) is 1.11. The van der Waals surface area contributed by atoms with Crippen LogP contribution in [0.2, 0.25) is 0 Å². The summed E-state index contributed by atoms with van der Waals surface area (Å²) in [6.45, 7) is 7.71. The quantitative estimate of drug-likeness (QED) is 0.684. The van der Waals surface area contributed by atoms with Gasteiger partial charge in [0.05, 0.1) is 6.61 Å². The highest BCUT2D eigenvalue weighted by Gasteiger charge is 2.20. The van der Waals surface area contributed by atoms with Crippen LogP contribution in [0.5, 0.6) is 5.75 Å². The largest absolute Gasteiger partial charge is 0.493 e. The predicted octanol–water partition coefficient (Wildman–Crippen LogP) is 3.72. The molecule has 1 aliphatic rings. The molecule has 0 amide bonds. The van der Waals surface area contributed by atoms with Gasteiger partial charge in [0.25, 0.3) is 0 Å². The van der Waals surface area contributed by atoms with Crippen molar-refractivity contribution in [3.63, 3.8) is 0 Å². The number of benzene rings is 1. The van der Waals surface area contributed by atoms with Crippen LogP contribution in [0.3, 0.4) is 0 Å². The second kappa shape index (κ2) is 8.76. The highest BCUT2D eigenvalue weighted by atomic mass is 79.9. The Hall–Kier alpha value is -0.580. The van der Waals surface area contributed by atoms with Crippen molar-refractivity contribution in [2.24, 2.45) is 0 Å². The number of rotatable bonds is 9. The molecule has 21 heavy (non-hydrogen) atoms. The van der Waals surface area contributed by atoms with E-state index >= 15 is 0 Å². The third-order valence-corrected chi connectivity index (χ3v) is 4.25. The van der Waals surface area contributed by atoms with Crippen molar-refractivity contribution in [3.05, 3.63) is 27.7 Å². The third kappa shape index (κ3) is 4.97. The van der Waals surface area contributed by atoms with E-state index in [0.717, 1.165) is 62.3 Å². The van der Waals surface area contributed by atoms with E-state index in [0.29, 0.717) is 6.04 Å². The summed E-state index contributed by atoms with van der Waals surface area (Å²) in [6.07, 6.45) is 4.20. The summed E-state index contributed by atoms with van der Waals surface area (Å²) in [7, 11) is 0. The summed E-state index contributed by atoms with van der Waals surface area (Å²) in [6, 6.07) is 4.82. The second-order valence-corrected chi connectivity index (χ2v) is 6.41. The lowest BCUT2D eigenvalue weighted by Crippen LogP contribution is -2.33. The molecule has 0 saturated heterocycles. The van der Waals surface area contributed by atoms with Crippen molar-refractivity contribution in [1.82, 2.24) is 5.32 Å². The monoisotopic (exact) mass is 355 g/mol. The Labute approximate surface area is 136 Å². The first kappa shape index (κ1) is 16.8. The van der Waals surface area contributed by atoms with Crippen molar-refractivity contribution >= 4 is 15.9 Å². The Balaban J connectivity index is 2.04. The van der Waals surface area contributed by atoms with Crippen molar-refractivity contribution in [2.75, 3.05) is 26.4 Å². The van der Waals surface area contributed by atoms with Gasteiger partial charge in [-0.25, -0.2) is 0 Å². The van der Waals surface area contributed by atoms with Crippen LogP contribution in [0.4, 0.5) is 0 Å². The van der Waals surface area contributed by atoms with Crippen molar-refractivity contribution in [3.8, 4) is 5.75 Å². The maximum Gasteiger partial charge on any atom is 0.125 e. The Bertz CT molecular complexity index is 451.